The van der Waals surface area contributed by atoms with Gasteiger partial charge in [0.1, 0.15) is 0 Å². The topological polar surface area (TPSA) is 107 Å². The van der Waals surface area contributed by atoms with Crippen LogP contribution in [0.25, 0.3) is 11.1 Å². The number of benzene rings is 4. The number of ether oxygens (including phenoxy) is 2. The van der Waals surface area contributed by atoms with Gasteiger partial charge in [-0.05, 0) is 60.5 Å². The highest BCUT2D eigenvalue weighted by atomic mass is 16.5. The predicted octanol–water partition coefficient (Wildman–Crippen LogP) is 5.37. The Balaban J connectivity index is 1.25. The molecule has 8 nitrogen and oxygen atoms in total. The first kappa shape index (κ1) is 26.2. The lowest BCUT2D eigenvalue weighted by molar-refractivity contribution is 0.0474. The molecule has 1 heterocycles. The summed E-state index contributed by atoms with van der Waals surface area (Å²) >= 11 is 0. The first-order chi connectivity index (χ1) is 19.4. The van der Waals surface area contributed by atoms with Gasteiger partial charge in [-0.2, -0.15) is 0 Å². The lowest BCUT2D eigenvalue weighted by atomic mass is 10.0. The summed E-state index contributed by atoms with van der Waals surface area (Å²) in [4.78, 5) is 64.2. The van der Waals surface area contributed by atoms with Gasteiger partial charge in [-0.1, -0.05) is 54.6 Å². The number of anilines is 1. The molecule has 4 aromatic rings. The normalized spacial score (nSPS) is 12.2. The molecule has 0 saturated carbocycles. The van der Waals surface area contributed by atoms with Crippen molar-refractivity contribution < 1.29 is 33.4 Å². The Bertz CT molecular complexity index is 1620. The zero-order chi connectivity index (χ0) is 28.2. The van der Waals surface area contributed by atoms with Gasteiger partial charge in [-0.25, -0.2) is 14.5 Å². The molecule has 198 valence electrons. The van der Waals surface area contributed by atoms with E-state index in [1.54, 1.807) is 19.1 Å². The van der Waals surface area contributed by atoms with Crippen molar-refractivity contribution >= 4 is 35.2 Å². The number of hydrogen-bond acceptors (Lipinski definition) is 7. The second-order valence-corrected chi connectivity index (χ2v) is 8.92. The second kappa shape index (κ2) is 11.2. The number of carbonyl (C=O) groups is 5. The molecule has 0 atom stereocenters. The highest BCUT2D eigenvalue weighted by Crippen LogP contribution is 2.29. The van der Waals surface area contributed by atoms with Crippen LogP contribution in [0.15, 0.2) is 97.1 Å². The van der Waals surface area contributed by atoms with E-state index in [0.717, 1.165) is 16.0 Å². The van der Waals surface area contributed by atoms with E-state index in [1.807, 2.05) is 42.5 Å². The fourth-order valence-corrected chi connectivity index (χ4v) is 4.34. The molecule has 0 aliphatic carbocycles. The van der Waals surface area contributed by atoms with Crippen molar-refractivity contribution in [2.45, 2.75) is 6.92 Å². The minimum atomic E-state index is -0.797. The Hall–Kier alpha value is -5.37. The maximum atomic E-state index is 13.1. The molecule has 0 aromatic heterocycles. The fraction of sp³-hybridized carbons (Fsp3) is 0.0938. The predicted molar refractivity (Wildman–Crippen MR) is 146 cm³/mol. The van der Waals surface area contributed by atoms with E-state index >= 15 is 0 Å². The standard InChI is InChI=1S/C32H23NO7/c1-2-39-31(37)23-12-15-25(16-13-23)33-29(35)26-17-14-24(18-27(26)30(33)36)32(38)40-19-28(34)22-10-8-21(9-11-22)20-6-4-3-5-7-20/h3-18H,2,19H2,1H3. The van der Waals surface area contributed by atoms with Crippen LogP contribution in [0.3, 0.4) is 0 Å². The van der Waals surface area contributed by atoms with Gasteiger partial charge in [0.25, 0.3) is 11.8 Å². The molecule has 4 aromatic carbocycles. The molecule has 2 amide bonds. The largest absolute Gasteiger partial charge is 0.462 e. The Morgan fingerprint density at radius 1 is 0.625 bits per heavy atom. The second-order valence-electron chi connectivity index (χ2n) is 8.92. The minimum absolute atomic E-state index is 0.0339. The van der Waals surface area contributed by atoms with Crippen molar-refractivity contribution in [3.8, 4) is 11.1 Å². The summed E-state index contributed by atoms with van der Waals surface area (Å²) in [6.45, 7) is 1.43. The van der Waals surface area contributed by atoms with E-state index < -0.39 is 30.4 Å². The Kier molecular flexibility index (Phi) is 7.33. The molecule has 1 aliphatic heterocycles. The van der Waals surface area contributed by atoms with E-state index in [9.17, 15) is 24.0 Å². The summed E-state index contributed by atoms with van der Waals surface area (Å²) in [6, 6.07) is 26.6. The lowest BCUT2D eigenvalue weighted by Gasteiger charge is -2.14. The number of fused-ring (bicyclic) bond motifs is 1. The molecular weight excluding hydrogens is 510 g/mol. The fourth-order valence-electron chi connectivity index (χ4n) is 4.34. The molecule has 0 fully saturated rings. The average Bonchev–Trinajstić information content (AvgIpc) is 3.25. The number of amides is 2. The molecule has 0 bridgehead atoms. The number of carbonyl (C=O) groups excluding carboxylic acids is 5. The van der Waals surface area contributed by atoms with Crippen molar-refractivity contribution in [3.05, 3.63) is 125 Å². The van der Waals surface area contributed by atoms with Gasteiger partial charge in [0, 0.05) is 5.56 Å². The van der Waals surface area contributed by atoms with Gasteiger partial charge in [0.05, 0.1) is 34.5 Å². The molecule has 1 aliphatic rings. The van der Waals surface area contributed by atoms with Crippen molar-refractivity contribution in [1.82, 2.24) is 0 Å². The van der Waals surface area contributed by atoms with Crippen LogP contribution in [0.2, 0.25) is 0 Å². The van der Waals surface area contributed by atoms with Crippen molar-refractivity contribution in [3.63, 3.8) is 0 Å². The smallest absolute Gasteiger partial charge is 0.338 e. The van der Waals surface area contributed by atoms with E-state index in [-0.39, 0.29) is 40.3 Å². The molecule has 8 heteroatoms. The van der Waals surface area contributed by atoms with Gasteiger partial charge in [-0.15, -0.1) is 0 Å². The van der Waals surface area contributed by atoms with Crippen LogP contribution < -0.4 is 4.90 Å². The van der Waals surface area contributed by atoms with Gasteiger partial charge in [0.15, 0.2) is 12.4 Å². The van der Waals surface area contributed by atoms with E-state index in [0.29, 0.717) is 5.56 Å². The molecule has 0 saturated heterocycles. The maximum absolute atomic E-state index is 13.1. The highest BCUT2D eigenvalue weighted by molar-refractivity contribution is 6.34. The van der Waals surface area contributed by atoms with Gasteiger partial charge < -0.3 is 9.47 Å². The van der Waals surface area contributed by atoms with Crippen LogP contribution in [-0.4, -0.2) is 42.7 Å². The van der Waals surface area contributed by atoms with E-state index in [2.05, 4.69) is 0 Å². The van der Waals surface area contributed by atoms with Crippen LogP contribution in [0.1, 0.15) is 58.7 Å². The highest BCUT2D eigenvalue weighted by Gasteiger charge is 2.37. The average molecular weight is 534 g/mol. The maximum Gasteiger partial charge on any atom is 0.338 e. The quantitative estimate of drug-likeness (QED) is 0.170. The molecule has 40 heavy (non-hydrogen) atoms. The molecule has 0 radical (unpaired) electrons. The number of nitrogens with zero attached hydrogens (tertiary/aromatic N) is 1. The monoisotopic (exact) mass is 533 g/mol. The number of hydrogen-bond donors (Lipinski definition) is 0. The summed E-state index contributed by atoms with van der Waals surface area (Å²) in [6.07, 6.45) is 0. The first-order valence-electron chi connectivity index (χ1n) is 12.5. The summed E-state index contributed by atoms with van der Waals surface area (Å²) in [5, 5.41) is 0. The molecule has 5 rings (SSSR count). The lowest BCUT2D eigenvalue weighted by Crippen LogP contribution is -2.29. The van der Waals surface area contributed by atoms with Gasteiger partial charge in [0.2, 0.25) is 0 Å². The Morgan fingerprint density at radius 2 is 1.20 bits per heavy atom. The van der Waals surface area contributed by atoms with Crippen LogP contribution in [-0.2, 0) is 9.47 Å². The van der Waals surface area contributed by atoms with Gasteiger partial charge >= 0.3 is 11.9 Å². The third kappa shape index (κ3) is 5.15. The summed E-state index contributed by atoms with van der Waals surface area (Å²) in [5.41, 5.74) is 3.13. The molecule has 0 spiro atoms. The molecule has 0 unspecified atom stereocenters. The van der Waals surface area contributed by atoms with Crippen molar-refractivity contribution in [1.29, 1.82) is 0 Å². The third-order valence-corrected chi connectivity index (χ3v) is 6.41. The zero-order valence-corrected chi connectivity index (χ0v) is 21.5. The number of imide groups is 1. The van der Waals surface area contributed by atoms with Crippen LogP contribution in [0.4, 0.5) is 5.69 Å². The van der Waals surface area contributed by atoms with Crippen molar-refractivity contribution in [2.24, 2.45) is 0 Å². The zero-order valence-electron chi connectivity index (χ0n) is 21.5. The first-order valence-corrected chi connectivity index (χ1v) is 12.5. The van der Waals surface area contributed by atoms with Crippen LogP contribution >= 0.6 is 0 Å². The van der Waals surface area contributed by atoms with Gasteiger partial charge in [-0.3, -0.25) is 14.4 Å². The summed E-state index contributed by atoms with van der Waals surface area (Å²) in [7, 11) is 0. The third-order valence-electron chi connectivity index (χ3n) is 6.41. The van der Waals surface area contributed by atoms with Crippen molar-refractivity contribution in [2.75, 3.05) is 18.1 Å². The van der Waals surface area contributed by atoms with E-state index in [1.165, 1.54) is 42.5 Å². The minimum Gasteiger partial charge on any atom is -0.462 e. The number of esters is 2. The molecule has 0 N–H and O–H groups in total. The Labute approximate surface area is 229 Å². The Morgan fingerprint density at radius 3 is 1.88 bits per heavy atom. The SMILES string of the molecule is CCOC(=O)c1ccc(N2C(=O)c3ccc(C(=O)OCC(=O)c4ccc(-c5ccccc5)cc4)cc3C2=O)cc1. The van der Waals surface area contributed by atoms with E-state index in [4.69, 9.17) is 9.47 Å². The summed E-state index contributed by atoms with van der Waals surface area (Å²) < 4.78 is 10.2. The summed E-state index contributed by atoms with van der Waals surface area (Å²) in [5.74, 6) is -2.86. The van der Waals surface area contributed by atoms with Crippen LogP contribution in [0.5, 0.6) is 0 Å². The van der Waals surface area contributed by atoms with Crippen LogP contribution in [0, 0.1) is 0 Å². The number of Topliss-reactive ketones (excluding diaryl/α,β-unsaturated/α-hetero) is 1. The number of ketones is 1. The molecular formula is C32H23NO7. The number of rotatable bonds is 8.